The van der Waals surface area contributed by atoms with Gasteiger partial charge in [0, 0.05) is 26.4 Å². The van der Waals surface area contributed by atoms with Crippen LogP contribution in [0.5, 0.6) is 0 Å². The minimum atomic E-state index is 0. The summed E-state index contributed by atoms with van der Waals surface area (Å²) in [4.78, 5) is 0. The van der Waals surface area contributed by atoms with Gasteiger partial charge in [0.2, 0.25) is 0 Å². The molecule has 0 bridgehead atoms. The monoisotopic (exact) mass is 178 g/mol. The molecule has 0 N–H and O–H groups in total. The van der Waals surface area contributed by atoms with Gasteiger partial charge in [-0.15, -0.1) is 0 Å². The molecule has 0 aromatic rings. The first-order valence-electron chi connectivity index (χ1n) is 4.15. The standard InChI is InChI=1S/2C4H8O.Al.Li/c2*1-2-4-5-3-1;;/h2*1-4H2;;/q;;-1;+1. The maximum absolute atomic E-state index is 4.94. The molecule has 0 aliphatic carbocycles. The van der Waals surface area contributed by atoms with Crippen LogP contribution >= 0.6 is 0 Å². The third-order valence-corrected chi connectivity index (χ3v) is 1.65. The molecule has 0 atom stereocenters. The largest absolute Gasteiger partial charge is 1.00 e. The Morgan fingerprint density at radius 3 is 0.917 bits per heavy atom. The zero-order chi connectivity index (χ0) is 7.07. The first kappa shape index (κ1) is 15.5. The van der Waals surface area contributed by atoms with E-state index in [9.17, 15) is 0 Å². The quantitative estimate of drug-likeness (QED) is 0.408. The minimum absolute atomic E-state index is 0. The summed E-state index contributed by atoms with van der Waals surface area (Å²) in [5.41, 5.74) is 0. The van der Waals surface area contributed by atoms with Crippen molar-refractivity contribution in [1.29, 1.82) is 0 Å². The third kappa shape index (κ3) is 9.14. The van der Waals surface area contributed by atoms with Crippen molar-refractivity contribution in [2.45, 2.75) is 25.7 Å². The van der Waals surface area contributed by atoms with Gasteiger partial charge in [-0.3, -0.25) is 0 Å². The van der Waals surface area contributed by atoms with E-state index < -0.39 is 0 Å². The molecule has 2 saturated heterocycles. The van der Waals surface area contributed by atoms with Gasteiger partial charge in [0.15, 0.2) is 0 Å². The number of hydrogen-bond acceptors (Lipinski definition) is 2. The Morgan fingerprint density at radius 2 is 0.833 bits per heavy atom. The van der Waals surface area contributed by atoms with E-state index in [1.54, 1.807) is 0 Å². The molecule has 0 unspecified atom stereocenters. The van der Waals surface area contributed by atoms with Crippen LogP contribution in [0.2, 0.25) is 0 Å². The summed E-state index contributed by atoms with van der Waals surface area (Å²) < 4.78 is 9.89. The molecular weight excluding hydrogens is 162 g/mol. The molecule has 2 aliphatic heterocycles. The van der Waals surface area contributed by atoms with Gasteiger partial charge in [-0.1, -0.05) is 0 Å². The predicted octanol–water partition coefficient (Wildman–Crippen LogP) is -1.78. The van der Waals surface area contributed by atoms with Crippen LogP contribution in [-0.2, 0) is 9.47 Å². The van der Waals surface area contributed by atoms with Crippen LogP contribution < -0.4 is 18.9 Å². The number of rotatable bonds is 0. The molecule has 0 spiro atoms. The summed E-state index contributed by atoms with van der Waals surface area (Å²) in [6.45, 7) is 4.00. The molecule has 0 saturated carbocycles. The van der Waals surface area contributed by atoms with Crippen molar-refractivity contribution in [1.82, 2.24) is 0 Å². The van der Waals surface area contributed by atoms with Crippen molar-refractivity contribution in [3.8, 4) is 0 Å². The summed E-state index contributed by atoms with van der Waals surface area (Å²) in [5, 5.41) is 0. The van der Waals surface area contributed by atoms with Crippen LogP contribution in [0.4, 0.5) is 0 Å². The van der Waals surface area contributed by atoms with Crippen LogP contribution in [-0.4, -0.2) is 43.8 Å². The van der Waals surface area contributed by atoms with Gasteiger partial charge in [-0.2, -0.15) is 0 Å². The molecule has 0 amide bonds. The van der Waals surface area contributed by atoms with Crippen LogP contribution in [0, 0.1) is 0 Å². The Hall–Kier alpha value is 1.05. The first-order chi connectivity index (χ1) is 5.00. The Labute approximate surface area is 97.7 Å². The average molecular weight is 178 g/mol. The van der Waals surface area contributed by atoms with Crippen LogP contribution in [0.15, 0.2) is 0 Å². The molecule has 2 aliphatic rings. The Balaban J connectivity index is 0. The van der Waals surface area contributed by atoms with Gasteiger partial charge in [0.05, 0.1) is 0 Å². The van der Waals surface area contributed by atoms with Crippen LogP contribution in [0.1, 0.15) is 25.7 Å². The molecule has 0 aromatic carbocycles. The third-order valence-electron chi connectivity index (χ3n) is 1.65. The Kier molecular flexibility index (Phi) is 15.6. The van der Waals surface area contributed by atoms with E-state index >= 15 is 0 Å². The fraction of sp³-hybridized carbons (Fsp3) is 1.00. The summed E-state index contributed by atoms with van der Waals surface area (Å²) in [6, 6.07) is 0. The van der Waals surface area contributed by atoms with Crippen molar-refractivity contribution in [3.63, 3.8) is 0 Å². The van der Waals surface area contributed by atoms with E-state index in [1.165, 1.54) is 25.7 Å². The number of ether oxygens (including phenoxy) is 2. The molecule has 64 valence electrons. The topological polar surface area (TPSA) is 18.5 Å². The van der Waals surface area contributed by atoms with Gasteiger partial charge in [0.25, 0.3) is 0 Å². The van der Waals surface area contributed by atoms with E-state index in [-0.39, 0.29) is 36.2 Å². The van der Waals surface area contributed by atoms with Gasteiger partial charge < -0.3 is 26.8 Å². The zero-order valence-corrected chi connectivity index (χ0v) is 9.21. The van der Waals surface area contributed by atoms with E-state index in [4.69, 9.17) is 9.47 Å². The van der Waals surface area contributed by atoms with Crippen LogP contribution in [0.3, 0.4) is 0 Å². The van der Waals surface area contributed by atoms with Crippen molar-refractivity contribution in [2.75, 3.05) is 26.4 Å². The van der Waals surface area contributed by atoms with Crippen molar-refractivity contribution in [2.24, 2.45) is 0 Å². The minimum Gasteiger partial charge on any atom is -1.00 e. The van der Waals surface area contributed by atoms with Crippen molar-refractivity contribution < 1.29 is 28.3 Å². The summed E-state index contributed by atoms with van der Waals surface area (Å²) in [6.07, 6.45) is 5.11. The molecule has 2 heterocycles. The molecule has 4 radical (unpaired) electrons. The van der Waals surface area contributed by atoms with E-state index in [0.29, 0.717) is 0 Å². The Bertz CT molecular complexity index is 50.2. The van der Waals surface area contributed by atoms with Crippen LogP contribution in [0.25, 0.3) is 0 Å². The maximum Gasteiger partial charge on any atom is 1.00 e. The normalized spacial score (nSPS) is 20.0. The molecule has 2 nitrogen and oxygen atoms in total. The van der Waals surface area contributed by atoms with E-state index in [2.05, 4.69) is 0 Å². The Morgan fingerprint density at radius 1 is 0.583 bits per heavy atom. The first-order valence-corrected chi connectivity index (χ1v) is 4.15. The molecule has 2 rings (SSSR count). The van der Waals surface area contributed by atoms with Gasteiger partial charge in [0.1, 0.15) is 0 Å². The average Bonchev–Trinajstić information content (AvgIpc) is 2.67. The second-order valence-electron chi connectivity index (χ2n) is 2.64. The van der Waals surface area contributed by atoms with Gasteiger partial charge in [-0.25, -0.2) is 0 Å². The molecule has 2 fully saturated rings. The summed E-state index contributed by atoms with van der Waals surface area (Å²) in [5.74, 6) is 0. The fourth-order valence-corrected chi connectivity index (χ4v) is 1.02. The second kappa shape index (κ2) is 12.0. The number of hydrogen-bond donors (Lipinski definition) is 0. The SMILES string of the molecule is C1CCOC1.C1CCOC1.[Al-].[Li+]. The van der Waals surface area contributed by atoms with E-state index in [1.807, 2.05) is 0 Å². The predicted molar refractivity (Wildman–Crippen MR) is 45.9 cm³/mol. The van der Waals surface area contributed by atoms with Crippen molar-refractivity contribution >= 4 is 17.4 Å². The molecular formula is C8H16AlLiO2. The fourth-order valence-electron chi connectivity index (χ4n) is 1.02. The molecule has 12 heavy (non-hydrogen) atoms. The maximum atomic E-state index is 4.94. The smallest absolute Gasteiger partial charge is 1.00 e. The molecule has 4 heteroatoms. The molecule has 0 aromatic heterocycles. The van der Waals surface area contributed by atoms with Gasteiger partial charge in [-0.05, 0) is 25.7 Å². The van der Waals surface area contributed by atoms with Crippen molar-refractivity contribution in [3.05, 3.63) is 0 Å². The summed E-state index contributed by atoms with van der Waals surface area (Å²) >= 11 is 0. The van der Waals surface area contributed by atoms with E-state index in [0.717, 1.165) is 26.4 Å². The second-order valence-corrected chi connectivity index (χ2v) is 2.64. The zero-order valence-electron chi connectivity index (χ0n) is 8.05. The van der Waals surface area contributed by atoms with Gasteiger partial charge >= 0.3 is 18.9 Å². The summed E-state index contributed by atoms with van der Waals surface area (Å²) in [7, 11) is 0.